The van der Waals surface area contributed by atoms with Gasteiger partial charge in [-0.15, -0.1) is 0 Å². The van der Waals surface area contributed by atoms with E-state index in [2.05, 4.69) is 24.2 Å². The molecule has 1 aromatic carbocycles. The fourth-order valence-electron chi connectivity index (χ4n) is 2.77. The molecule has 2 nitrogen and oxygen atoms in total. The molecule has 0 aliphatic carbocycles. The maximum atomic E-state index is 12.8. The average molecular weight is 278 g/mol. The largest absolute Gasteiger partial charge is 0.314 e. The summed E-state index contributed by atoms with van der Waals surface area (Å²) in [5.41, 5.74) is 1.22. The lowest BCUT2D eigenvalue weighted by atomic mass is 9.96. The molecule has 1 aliphatic rings. The van der Waals surface area contributed by atoms with Crippen LogP contribution in [0.2, 0.25) is 0 Å². The van der Waals surface area contributed by atoms with Crippen molar-refractivity contribution in [3.63, 3.8) is 0 Å². The molecule has 0 spiro atoms. The van der Waals surface area contributed by atoms with Gasteiger partial charge in [0, 0.05) is 6.04 Å². The Kier molecular flexibility index (Phi) is 5.99. The van der Waals surface area contributed by atoms with Crippen molar-refractivity contribution in [2.24, 2.45) is 5.92 Å². The molecule has 0 saturated carbocycles. The number of hydrogen-bond donors (Lipinski definition) is 1. The third-order valence-corrected chi connectivity index (χ3v) is 4.37. The SMILES string of the molecule is C[C@@H](CCc1ccc(F)cc1)NCC1CCN(C)CC1. The highest BCUT2D eigenvalue weighted by Crippen LogP contribution is 2.15. The molecule has 20 heavy (non-hydrogen) atoms. The topological polar surface area (TPSA) is 15.3 Å². The maximum Gasteiger partial charge on any atom is 0.123 e. The first-order chi connectivity index (χ1) is 9.63. The van der Waals surface area contributed by atoms with Gasteiger partial charge in [-0.1, -0.05) is 12.1 Å². The molecule has 3 heteroatoms. The van der Waals surface area contributed by atoms with E-state index in [0.29, 0.717) is 6.04 Å². The van der Waals surface area contributed by atoms with E-state index in [1.54, 1.807) is 12.1 Å². The van der Waals surface area contributed by atoms with Crippen LogP contribution in [0.5, 0.6) is 0 Å². The molecular formula is C17H27FN2. The number of likely N-dealkylation sites (tertiary alicyclic amines) is 1. The average Bonchev–Trinajstić information content (AvgIpc) is 2.46. The Hall–Kier alpha value is -0.930. The number of nitrogens with zero attached hydrogens (tertiary/aromatic N) is 1. The summed E-state index contributed by atoms with van der Waals surface area (Å²) in [6.07, 6.45) is 4.75. The van der Waals surface area contributed by atoms with Crippen LogP contribution in [-0.4, -0.2) is 37.6 Å². The van der Waals surface area contributed by atoms with Crippen LogP contribution in [0, 0.1) is 11.7 Å². The number of halogens is 1. The Morgan fingerprint density at radius 2 is 1.90 bits per heavy atom. The zero-order valence-electron chi connectivity index (χ0n) is 12.7. The fourth-order valence-corrected chi connectivity index (χ4v) is 2.77. The predicted octanol–water partition coefficient (Wildman–Crippen LogP) is 3.08. The smallest absolute Gasteiger partial charge is 0.123 e. The molecule has 1 aliphatic heterocycles. The molecule has 0 radical (unpaired) electrons. The van der Waals surface area contributed by atoms with Crippen molar-refractivity contribution in [1.29, 1.82) is 0 Å². The van der Waals surface area contributed by atoms with E-state index in [9.17, 15) is 4.39 Å². The molecule has 0 amide bonds. The van der Waals surface area contributed by atoms with Gasteiger partial charge >= 0.3 is 0 Å². The van der Waals surface area contributed by atoms with Crippen molar-refractivity contribution in [1.82, 2.24) is 10.2 Å². The number of aryl methyl sites for hydroxylation is 1. The number of nitrogens with one attached hydrogen (secondary N) is 1. The molecule has 1 N–H and O–H groups in total. The monoisotopic (exact) mass is 278 g/mol. The highest BCUT2D eigenvalue weighted by Gasteiger charge is 2.16. The molecular weight excluding hydrogens is 251 g/mol. The van der Waals surface area contributed by atoms with Crippen LogP contribution < -0.4 is 5.32 Å². The van der Waals surface area contributed by atoms with E-state index in [1.165, 1.54) is 31.5 Å². The van der Waals surface area contributed by atoms with Crippen molar-refractivity contribution in [3.8, 4) is 0 Å². The summed E-state index contributed by atoms with van der Waals surface area (Å²) >= 11 is 0. The van der Waals surface area contributed by atoms with E-state index in [1.807, 2.05) is 12.1 Å². The molecule has 1 aromatic rings. The van der Waals surface area contributed by atoms with Crippen molar-refractivity contribution in [3.05, 3.63) is 35.6 Å². The second-order valence-corrected chi connectivity index (χ2v) is 6.22. The van der Waals surface area contributed by atoms with Crippen molar-refractivity contribution < 1.29 is 4.39 Å². The Labute approximate surface area is 122 Å². The van der Waals surface area contributed by atoms with Gasteiger partial charge in [0.05, 0.1) is 0 Å². The standard InChI is InChI=1S/C17H27FN2/c1-14(3-4-15-5-7-17(18)8-6-15)19-13-16-9-11-20(2)12-10-16/h5-8,14,16,19H,3-4,9-13H2,1-2H3/t14-/m0/s1. The van der Waals surface area contributed by atoms with Gasteiger partial charge in [-0.05, 0) is 82.9 Å². The highest BCUT2D eigenvalue weighted by molar-refractivity contribution is 5.16. The van der Waals surface area contributed by atoms with Crippen molar-refractivity contribution in [2.45, 2.75) is 38.6 Å². The zero-order valence-corrected chi connectivity index (χ0v) is 12.7. The molecule has 1 heterocycles. The van der Waals surface area contributed by atoms with Crippen LogP contribution in [0.15, 0.2) is 24.3 Å². The Morgan fingerprint density at radius 1 is 1.25 bits per heavy atom. The minimum absolute atomic E-state index is 0.151. The van der Waals surface area contributed by atoms with Crippen LogP contribution in [-0.2, 0) is 6.42 Å². The van der Waals surface area contributed by atoms with Crippen LogP contribution >= 0.6 is 0 Å². The summed E-state index contributed by atoms with van der Waals surface area (Å²) in [6.45, 7) is 5.85. The Morgan fingerprint density at radius 3 is 2.55 bits per heavy atom. The van der Waals surface area contributed by atoms with Gasteiger partial charge in [0.25, 0.3) is 0 Å². The lowest BCUT2D eigenvalue weighted by Crippen LogP contribution is -2.37. The molecule has 0 bridgehead atoms. The number of rotatable bonds is 6. The minimum Gasteiger partial charge on any atom is -0.314 e. The summed E-state index contributed by atoms with van der Waals surface area (Å²) in [5.74, 6) is 0.682. The molecule has 1 fully saturated rings. The lowest BCUT2D eigenvalue weighted by Gasteiger charge is -2.30. The van der Waals surface area contributed by atoms with Gasteiger partial charge in [0.2, 0.25) is 0 Å². The first kappa shape index (κ1) is 15.5. The molecule has 2 rings (SSSR count). The first-order valence-corrected chi connectivity index (χ1v) is 7.80. The van der Waals surface area contributed by atoms with E-state index < -0.39 is 0 Å². The predicted molar refractivity (Wildman–Crippen MR) is 82.4 cm³/mol. The fraction of sp³-hybridized carbons (Fsp3) is 0.647. The summed E-state index contributed by atoms with van der Waals surface area (Å²) in [7, 11) is 2.20. The lowest BCUT2D eigenvalue weighted by molar-refractivity contribution is 0.212. The Bertz CT molecular complexity index is 382. The number of piperidine rings is 1. The number of hydrogen-bond acceptors (Lipinski definition) is 2. The second kappa shape index (κ2) is 7.75. The quantitative estimate of drug-likeness (QED) is 0.860. The normalized spacial score (nSPS) is 19.1. The summed E-state index contributed by atoms with van der Waals surface area (Å²) in [5, 5.41) is 3.66. The molecule has 1 saturated heterocycles. The van der Waals surface area contributed by atoms with Gasteiger partial charge in [-0.2, -0.15) is 0 Å². The molecule has 1 atom stereocenters. The second-order valence-electron chi connectivity index (χ2n) is 6.22. The minimum atomic E-state index is -0.151. The molecule has 0 aromatic heterocycles. The van der Waals surface area contributed by atoms with Gasteiger partial charge in [0.1, 0.15) is 5.82 Å². The summed E-state index contributed by atoms with van der Waals surface area (Å²) in [6, 6.07) is 7.40. The van der Waals surface area contributed by atoms with E-state index >= 15 is 0 Å². The summed E-state index contributed by atoms with van der Waals surface area (Å²) in [4.78, 5) is 2.41. The van der Waals surface area contributed by atoms with Crippen molar-refractivity contribution in [2.75, 3.05) is 26.7 Å². The number of benzene rings is 1. The zero-order chi connectivity index (χ0) is 14.4. The molecule has 0 unspecified atom stereocenters. The van der Waals surface area contributed by atoms with Gasteiger partial charge in [-0.25, -0.2) is 4.39 Å². The maximum absolute atomic E-state index is 12.8. The van der Waals surface area contributed by atoms with Crippen LogP contribution in [0.1, 0.15) is 31.7 Å². The van der Waals surface area contributed by atoms with Gasteiger partial charge in [-0.3, -0.25) is 0 Å². The molecule has 112 valence electrons. The highest BCUT2D eigenvalue weighted by atomic mass is 19.1. The van der Waals surface area contributed by atoms with E-state index in [0.717, 1.165) is 25.3 Å². The third-order valence-electron chi connectivity index (χ3n) is 4.37. The summed E-state index contributed by atoms with van der Waals surface area (Å²) < 4.78 is 12.8. The van der Waals surface area contributed by atoms with Crippen LogP contribution in [0.3, 0.4) is 0 Å². The van der Waals surface area contributed by atoms with Gasteiger partial charge < -0.3 is 10.2 Å². The van der Waals surface area contributed by atoms with E-state index in [4.69, 9.17) is 0 Å². The first-order valence-electron chi connectivity index (χ1n) is 7.80. The van der Waals surface area contributed by atoms with Crippen LogP contribution in [0.25, 0.3) is 0 Å². The van der Waals surface area contributed by atoms with Gasteiger partial charge in [0.15, 0.2) is 0 Å². The third kappa shape index (κ3) is 5.22. The Balaban J connectivity index is 1.62. The van der Waals surface area contributed by atoms with Crippen molar-refractivity contribution >= 4 is 0 Å². The van der Waals surface area contributed by atoms with E-state index in [-0.39, 0.29) is 5.82 Å². The van der Waals surface area contributed by atoms with Crippen LogP contribution in [0.4, 0.5) is 4.39 Å².